The van der Waals surface area contributed by atoms with Gasteiger partial charge in [-0.1, -0.05) is 0 Å². The van der Waals surface area contributed by atoms with E-state index < -0.39 is 48.9 Å². The highest BCUT2D eigenvalue weighted by atomic mass is 127. The number of unbranched alkanes of at least 4 members (excludes halogenated alkanes) is 1. The third kappa shape index (κ3) is 10.6. The maximum Gasteiger partial charge on any atom is 0.315 e. The highest BCUT2D eigenvalue weighted by molar-refractivity contribution is 14.1. The number of nitrogens with one attached hydrogen (secondary N) is 3. The summed E-state index contributed by atoms with van der Waals surface area (Å²) in [5.41, 5.74) is 0.493. The maximum absolute atomic E-state index is 12.0. The number of hydrogen-bond donors (Lipinski definition) is 3. The van der Waals surface area contributed by atoms with Gasteiger partial charge in [-0.25, -0.2) is 4.79 Å². The minimum absolute atomic E-state index is 0.0236. The van der Waals surface area contributed by atoms with Gasteiger partial charge in [0.15, 0.2) is 0 Å². The fraction of sp³-hybridized carbons (Fsp3) is 0.421. The molecule has 31 heavy (non-hydrogen) atoms. The van der Waals surface area contributed by atoms with Crippen molar-refractivity contribution < 1.29 is 39.3 Å². The van der Waals surface area contributed by atoms with Gasteiger partial charge in [-0.3, -0.25) is 4.79 Å². The van der Waals surface area contributed by atoms with E-state index in [1.807, 2.05) is 5.32 Å². The van der Waals surface area contributed by atoms with Crippen LogP contribution in [-0.2, 0) is 14.4 Å². The lowest BCUT2D eigenvalue weighted by atomic mass is 10.1. The number of amides is 3. The molecule has 0 unspecified atom stereocenters. The Morgan fingerprint density at radius 2 is 1.39 bits per heavy atom. The summed E-state index contributed by atoms with van der Waals surface area (Å²) in [5.74, 6) is -5.06. The number of rotatable bonds is 13. The Morgan fingerprint density at radius 1 is 0.839 bits per heavy atom. The summed E-state index contributed by atoms with van der Waals surface area (Å²) in [6.07, 6.45) is -0.383. The van der Waals surface area contributed by atoms with Crippen LogP contribution in [0.1, 0.15) is 42.5 Å². The van der Waals surface area contributed by atoms with Gasteiger partial charge in [0, 0.05) is 21.6 Å². The van der Waals surface area contributed by atoms with Gasteiger partial charge >= 0.3 is 6.03 Å². The predicted octanol–water partition coefficient (Wildman–Crippen LogP) is -2.74. The minimum atomic E-state index is -1.72. The van der Waals surface area contributed by atoms with Crippen molar-refractivity contribution in [1.29, 1.82) is 0 Å². The van der Waals surface area contributed by atoms with Gasteiger partial charge in [0.05, 0.1) is 24.0 Å². The van der Waals surface area contributed by atoms with E-state index in [9.17, 15) is 39.3 Å². The van der Waals surface area contributed by atoms with E-state index in [4.69, 9.17) is 0 Å². The highest BCUT2D eigenvalue weighted by Crippen LogP contribution is 2.07. The number of aliphatic carboxylic acids is 3. The Bertz CT molecular complexity index is 800. The van der Waals surface area contributed by atoms with Crippen molar-refractivity contribution in [2.75, 3.05) is 6.54 Å². The van der Waals surface area contributed by atoms with Crippen LogP contribution >= 0.6 is 22.6 Å². The van der Waals surface area contributed by atoms with Crippen LogP contribution in [0.4, 0.5) is 4.79 Å². The van der Waals surface area contributed by atoms with Crippen LogP contribution in [0.2, 0.25) is 0 Å². The molecule has 170 valence electrons. The molecule has 2 atom stereocenters. The first kappa shape index (κ1) is 26.1. The summed E-state index contributed by atoms with van der Waals surface area (Å²) >= 11 is 2.12. The molecule has 0 bridgehead atoms. The standard InChI is InChI=1S/C19H24IN3O8/c20-12-6-4-11(5-7-12)16(26)21-10-2-1-3-13(17(27)28)22-19(31)23-14(18(29)30)8-9-15(24)25/h4-7,13-14H,1-3,8-10H2,(H,21,26)(H,24,25)(H,27,28)(H,29,30)(H2,22,23,31)/p-3/t13-,14-/m0/s1. The van der Waals surface area contributed by atoms with Gasteiger partial charge < -0.3 is 45.7 Å². The van der Waals surface area contributed by atoms with Crippen LogP contribution in [-0.4, -0.2) is 48.5 Å². The summed E-state index contributed by atoms with van der Waals surface area (Å²) < 4.78 is 0.990. The monoisotopic (exact) mass is 546 g/mol. The molecular weight excluding hydrogens is 525 g/mol. The van der Waals surface area contributed by atoms with E-state index in [1.54, 1.807) is 24.3 Å². The number of carboxylic acid groups (broad SMARTS) is 3. The summed E-state index contributed by atoms with van der Waals surface area (Å²) in [6, 6.07) is 2.79. The van der Waals surface area contributed by atoms with Crippen LogP contribution in [0.25, 0.3) is 0 Å². The molecule has 3 N–H and O–H groups in total. The second-order valence-electron chi connectivity index (χ2n) is 6.53. The van der Waals surface area contributed by atoms with Crippen LogP contribution in [0.3, 0.4) is 0 Å². The largest absolute Gasteiger partial charge is 0.550 e. The quantitative estimate of drug-likeness (QED) is 0.175. The second kappa shape index (κ2) is 13.4. The van der Waals surface area contributed by atoms with Crippen molar-refractivity contribution in [3.05, 3.63) is 33.4 Å². The first-order valence-electron chi connectivity index (χ1n) is 9.32. The molecule has 0 aromatic heterocycles. The van der Waals surface area contributed by atoms with Crippen LogP contribution in [0.5, 0.6) is 0 Å². The zero-order valence-corrected chi connectivity index (χ0v) is 18.5. The maximum atomic E-state index is 12.0. The van der Waals surface area contributed by atoms with E-state index in [1.165, 1.54) is 0 Å². The number of carboxylic acids is 3. The van der Waals surface area contributed by atoms with Gasteiger partial charge in [-0.05, 0) is 79.0 Å². The average Bonchev–Trinajstić information content (AvgIpc) is 2.69. The third-order valence-corrected chi connectivity index (χ3v) is 4.85. The first-order valence-corrected chi connectivity index (χ1v) is 10.4. The Morgan fingerprint density at radius 3 is 1.90 bits per heavy atom. The molecule has 0 aliphatic carbocycles. The third-order valence-electron chi connectivity index (χ3n) is 4.13. The Hall–Kier alpha value is -2.90. The van der Waals surface area contributed by atoms with E-state index >= 15 is 0 Å². The van der Waals surface area contributed by atoms with Crippen molar-refractivity contribution in [3.8, 4) is 0 Å². The van der Waals surface area contributed by atoms with E-state index in [0.717, 1.165) is 3.57 Å². The van der Waals surface area contributed by atoms with Gasteiger partial charge in [0.1, 0.15) is 0 Å². The summed E-state index contributed by atoms with van der Waals surface area (Å²) in [4.78, 5) is 56.4. The number of halogens is 1. The highest BCUT2D eigenvalue weighted by Gasteiger charge is 2.17. The number of urea groups is 1. The van der Waals surface area contributed by atoms with Crippen molar-refractivity contribution in [2.45, 2.75) is 44.2 Å². The van der Waals surface area contributed by atoms with Gasteiger partial charge in [-0.2, -0.15) is 0 Å². The topological polar surface area (TPSA) is 191 Å². The van der Waals surface area contributed by atoms with E-state index in [-0.39, 0.29) is 18.9 Å². The van der Waals surface area contributed by atoms with Crippen molar-refractivity contribution in [3.63, 3.8) is 0 Å². The molecule has 1 aromatic carbocycles. The summed E-state index contributed by atoms with van der Waals surface area (Å²) in [7, 11) is 0. The van der Waals surface area contributed by atoms with Crippen LogP contribution < -0.4 is 31.3 Å². The normalized spacial score (nSPS) is 12.3. The molecule has 1 rings (SSSR count). The smallest absolute Gasteiger partial charge is 0.315 e. The fourth-order valence-electron chi connectivity index (χ4n) is 2.50. The molecule has 1 aromatic rings. The van der Waals surface area contributed by atoms with Crippen molar-refractivity contribution in [1.82, 2.24) is 16.0 Å². The molecule has 0 aliphatic heterocycles. The van der Waals surface area contributed by atoms with E-state index in [0.29, 0.717) is 18.4 Å². The molecule has 0 saturated carbocycles. The van der Waals surface area contributed by atoms with Crippen LogP contribution in [0.15, 0.2) is 24.3 Å². The number of carbonyl (C=O) groups is 5. The van der Waals surface area contributed by atoms with E-state index in [2.05, 4.69) is 33.2 Å². The Balaban J connectivity index is 2.41. The molecule has 11 nitrogen and oxygen atoms in total. The first-order chi connectivity index (χ1) is 14.6. The molecule has 0 radical (unpaired) electrons. The average molecular weight is 546 g/mol. The molecule has 0 spiro atoms. The van der Waals surface area contributed by atoms with Crippen molar-refractivity contribution >= 4 is 52.4 Å². The molecule has 12 heteroatoms. The SMILES string of the molecule is O=C([O-])CC[C@H](NC(=O)N[C@@H](CCCCNC(=O)c1ccc(I)cc1)C(=O)[O-])C(=O)[O-]. The van der Waals surface area contributed by atoms with Crippen molar-refractivity contribution in [2.24, 2.45) is 0 Å². The molecule has 0 saturated heterocycles. The lowest BCUT2D eigenvalue weighted by Gasteiger charge is -2.24. The predicted molar refractivity (Wildman–Crippen MR) is 109 cm³/mol. The zero-order valence-electron chi connectivity index (χ0n) is 16.4. The molecular formula is C19H21IN3O8-3. The number of benzene rings is 1. The van der Waals surface area contributed by atoms with Crippen LogP contribution in [0, 0.1) is 3.57 Å². The van der Waals surface area contributed by atoms with Gasteiger partial charge in [0.2, 0.25) is 0 Å². The molecule has 0 aliphatic rings. The lowest BCUT2D eigenvalue weighted by Crippen LogP contribution is -2.56. The number of hydrogen-bond acceptors (Lipinski definition) is 8. The zero-order chi connectivity index (χ0) is 23.4. The lowest BCUT2D eigenvalue weighted by molar-refractivity contribution is -0.310. The Labute approximate surface area is 191 Å². The fourth-order valence-corrected chi connectivity index (χ4v) is 2.86. The van der Waals surface area contributed by atoms with Gasteiger partial charge in [-0.15, -0.1) is 0 Å². The Kier molecular flexibility index (Phi) is 11.3. The second-order valence-corrected chi connectivity index (χ2v) is 7.78. The summed E-state index contributed by atoms with van der Waals surface area (Å²) in [6.45, 7) is 0.284. The van der Waals surface area contributed by atoms with Gasteiger partial charge in [0.25, 0.3) is 5.91 Å². The molecule has 0 fully saturated rings. The number of carbonyl (C=O) groups excluding carboxylic acids is 5. The minimum Gasteiger partial charge on any atom is -0.550 e. The summed E-state index contributed by atoms with van der Waals surface area (Å²) in [5, 5.41) is 39.3. The molecule has 3 amide bonds. The molecule has 0 heterocycles.